The summed E-state index contributed by atoms with van der Waals surface area (Å²) >= 11 is 6.14. The summed E-state index contributed by atoms with van der Waals surface area (Å²) in [5, 5.41) is 0.503. The summed E-state index contributed by atoms with van der Waals surface area (Å²) in [5.74, 6) is 0.649. The first-order valence-corrected chi connectivity index (χ1v) is 5.47. The number of halogens is 1. The third-order valence-electron chi connectivity index (χ3n) is 2.53. The van der Waals surface area contributed by atoms with Gasteiger partial charge in [0.05, 0.1) is 12.1 Å². The fourth-order valence-electron chi connectivity index (χ4n) is 1.66. The van der Waals surface area contributed by atoms with Crippen molar-refractivity contribution < 1.29 is 9.53 Å². The minimum absolute atomic E-state index is 0.0210. The molecular weight excluding hydrogens is 226 g/mol. The Hall–Kier alpha value is -1.06. The van der Waals surface area contributed by atoms with E-state index in [2.05, 4.69) is 0 Å². The first kappa shape index (κ1) is 13.0. The van der Waals surface area contributed by atoms with Gasteiger partial charge in [0.25, 0.3) is 0 Å². The van der Waals surface area contributed by atoms with Gasteiger partial charge in [0, 0.05) is 12.0 Å². The van der Waals surface area contributed by atoms with Crippen LogP contribution in [-0.4, -0.2) is 19.4 Å². The van der Waals surface area contributed by atoms with Gasteiger partial charge in [-0.05, 0) is 37.6 Å². The van der Waals surface area contributed by atoms with E-state index < -0.39 is 0 Å². The normalized spacial score (nSPS) is 10.3. The second kappa shape index (κ2) is 5.32. The molecule has 2 N–H and O–H groups in total. The number of aryl methyl sites for hydroxylation is 1. The average molecular weight is 242 g/mol. The standard InChI is InChI=1S/C12H16ClNO2/c1-7-6-9(10(15)4-5-14)8(2)11(13)12(7)16-3/h6H,4-5,14H2,1-3H3. The zero-order chi connectivity index (χ0) is 12.3. The van der Waals surface area contributed by atoms with Gasteiger partial charge in [-0.15, -0.1) is 0 Å². The molecule has 0 aliphatic rings. The first-order valence-electron chi connectivity index (χ1n) is 5.09. The quantitative estimate of drug-likeness (QED) is 0.824. The SMILES string of the molecule is COc1c(C)cc(C(=O)CCN)c(C)c1Cl. The minimum atomic E-state index is 0.0210. The summed E-state index contributed by atoms with van der Waals surface area (Å²) in [7, 11) is 1.56. The lowest BCUT2D eigenvalue weighted by molar-refractivity contribution is 0.0984. The number of hydrogen-bond acceptors (Lipinski definition) is 3. The minimum Gasteiger partial charge on any atom is -0.495 e. The van der Waals surface area contributed by atoms with Gasteiger partial charge in [-0.25, -0.2) is 0 Å². The van der Waals surface area contributed by atoms with Crippen LogP contribution in [0.5, 0.6) is 5.75 Å². The van der Waals surface area contributed by atoms with Crippen molar-refractivity contribution in [2.24, 2.45) is 5.73 Å². The van der Waals surface area contributed by atoms with E-state index in [1.165, 1.54) is 0 Å². The average Bonchev–Trinajstić information content (AvgIpc) is 2.24. The molecule has 0 saturated carbocycles. The lowest BCUT2D eigenvalue weighted by Crippen LogP contribution is -2.10. The fourth-order valence-corrected chi connectivity index (χ4v) is 1.99. The van der Waals surface area contributed by atoms with Crippen LogP contribution in [0.25, 0.3) is 0 Å². The number of rotatable bonds is 4. The Balaban J connectivity index is 3.28. The number of methoxy groups -OCH3 is 1. The number of nitrogens with two attached hydrogens (primary N) is 1. The number of Topliss-reactive ketones (excluding diaryl/α,β-unsaturated/α-hetero) is 1. The molecule has 1 aromatic rings. The molecule has 16 heavy (non-hydrogen) atoms. The molecule has 88 valence electrons. The summed E-state index contributed by atoms with van der Waals surface area (Å²) in [6.07, 6.45) is 0.336. The molecule has 0 unspecified atom stereocenters. The summed E-state index contributed by atoms with van der Waals surface area (Å²) in [5.41, 5.74) is 7.62. The van der Waals surface area contributed by atoms with Gasteiger partial charge in [-0.2, -0.15) is 0 Å². The monoisotopic (exact) mass is 241 g/mol. The number of ether oxygens (including phenoxy) is 1. The van der Waals surface area contributed by atoms with Gasteiger partial charge in [0.15, 0.2) is 5.78 Å². The van der Waals surface area contributed by atoms with E-state index in [4.69, 9.17) is 22.1 Å². The summed E-state index contributed by atoms with van der Waals surface area (Å²) in [6.45, 7) is 4.03. The number of benzene rings is 1. The molecule has 0 heterocycles. The Morgan fingerprint density at radius 1 is 1.50 bits per heavy atom. The Morgan fingerprint density at radius 2 is 2.12 bits per heavy atom. The van der Waals surface area contributed by atoms with Crippen molar-refractivity contribution in [1.82, 2.24) is 0 Å². The molecule has 0 fully saturated rings. The molecular formula is C12H16ClNO2. The maximum absolute atomic E-state index is 11.8. The molecule has 0 aliphatic heterocycles. The van der Waals surface area contributed by atoms with Crippen LogP contribution >= 0.6 is 11.6 Å². The van der Waals surface area contributed by atoms with Gasteiger partial charge >= 0.3 is 0 Å². The van der Waals surface area contributed by atoms with Crippen LogP contribution in [0.3, 0.4) is 0 Å². The molecule has 1 rings (SSSR count). The molecule has 0 aliphatic carbocycles. The molecule has 1 aromatic carbocycles. The van der Waals surface area contributed by atoms with Crippen LogP contribution in [-0.2, 0) is 0 Å². The van der Waals surface area contributed by atoms with Crippen molar-refractivity contribution in [2.75, 3.05) is 13.7 Å². The number of carbonyl (C=O) groups excluding carboxylic acids is 1. The molecule has 0 saturated heterocycles. The van der Waals surface area contributed by atoms with Gasteiger partial charge < -0.3 is 10.5 Å². The highest BCUT2D eigenvalue weighted by molar-refractivity contribution is 6.33. The molecule has 0 spiro atoms. The van der Waals surface area contributed by atoms with Crippen LogP contribution in [0.2, 0.25) is 5.02 Å². The molecule has 0 aromatic heterocycles. The second-order valence-corrected chi connectivity index (χ2v) is 4.05. The Morgan fingerprint density at radius 3 is 2.62 bits per heavy atom. The largest absolute Gasteiger partial charge is 0.495 e. The Kier molecular flexibility index (Phi) is 4.33. The van der Waals surface area contributed by atoms with Crippen molar-refractivity contribution in [3.05, 3.63) is 27.8 Å². The van der Waals surface area contributed by atoms with E-state index in [1.54, 1.807) is 13.2 Å². The van der Waals surface area contributed by atoms with E-state index in [0.717, 1.165) is 11.1 Å². The molecule has 0 radical (unpaired) electrons. The van der Waals surface area contributed by atoms with Crippen molar-refractivity contribution in [3.8, 4) is 5.75 Å². The zero-order valence-corrected chi connectivity index (χ0v) is 10.5. The molecule has 0 bridgehead atoms. The van der Waals surface area contributed by atoms with Crippen molar-refractivity contribution >= 4 is 17.4 Å². The maximum atomic E-state index is 11.8. The summed E-state index contributed by atoms with van der Waals surface area (Å²) < 4.78 is 5.18. The maximum Gasteiger partial charge on any atom is 0.164 e. The van der Waals surface area contributed by atoms with Gasteiger partial charge in [-0.3, -0.25) is 4.79 Å². The number of carbonyl (C=O) groups is 1. The van der Waals surface area contributed by atoms with Gasteiger partial charge in [0.2, 0.25) is 0 Å². The highest BCUT2D eigenvalue weighted by Crippen LogP contribution is 2.34. The predicted octanol–water partition coefficient (Wildman–Crippen LogP) is 2.50. The second-order valence-electron chi connectivity index (χ2n) is 3.68. The summed E-state index contributed by atoms with van der Waals surface area (Å²) in [6, 6.07) is 1.80. The molecule has 3 nitrogen and oxygen atoms in total. The molecule has 0 atom stereocenters. The van der Waals surface area contributed by atoms with Crippen LogP contribution < -0.4 is 10.5 Å². The van der Waals surface area contributed by atoms with Crippen molar-refractivity contribution in [3.63, 3.8) is 0 Å². The highest BCUT2D eigenvalue weighted by atomic mass is 35.5. The molecule has 0 amide bonds. The first-order chi connectivity index (χ1) is 7.52. The van der Waals surface area contributed by atoms with E-state index in [0.29, 0.717) is 29.3 Å². The molecule has 4 heteroatoms. The highest BCUT2D eigenvalue weighted by Gasteiger charge is 2.16. The van der Waals surface area contributed by atoms with Crippen LogP contribution in [0.1, 0.15) is 27.9 Å². The third-order valence-corrected chi connectivity index (χ3v) is 2.98. The van der Waals surface area contributed by atoms with Gasteiger partial charge in [0.1, 0.15) is 5.75 Å². The smallest absolute Gasteiger partial charge is 0.164 e. The lowest BCUT2D eigenvalue weighted by atomic mass is 9.99. The van der Waals surface area contributed by atoms with Gasteiger partial charge in [-0.1, -0.05) is 11.6 Å². The third kappa shape index (κ3) is 2.36. The van der Waals surface area contributed by atoms with E-state index in [9.17, 15) is 4.79 Å². The predicted molar refractivity (Wildman–Crippen MR) is 65.5 cm³/mol. The van der Waals surface area contributed by atoms with Crippen molar-refractivity contribution in [2.45, 2.75) is 20.3 Å². The van der Waals surface area contributed by atoms with Crippen molar-refractivity contribution in [1.29, 1.82) is 0 Å². The number of hydrogen-bond donors (Lipinski definition) is 1. The van der Waals surface area contributed by atoms with E-state index in [1.807, 2.05) is 13.8 Å². The van der Waals surface area contributed by atoms with E-state index in [-0.39, 0.29) is 5.78 Å². The van der Waals surface area contributed by atoms with Crippen LogP contribution in [0.15, 0.2) is 6.07 Å². The van der Waals surface area contributed by atoms with Crippen LogP contribution in [0, 0.1) is 13.8 Å². The summed E-state index contributed by atoms with van der Waals surface area (Å²) in [4.78, 5) is 11.8. The van der Waals surface area contributed by atoms with E-state index >= 15 is 0 Å². The lowest BCUT2D eigenvalue weighted by Gasteiger charge is -2.13. The Bertz CT molecular complexity index is 416. The zero-order valence-electron chi connectivity index (χ0n) is 9.76. The number of ketones is 1. The fraction of sp³-hybridized carbons (Fsp3) is 0.417. The topological polar surface area (TPSA) is 52.3 Å². The van der Waals surface area contributed by atoms with Crippen LogP contribution in [0.4, 0.5) is 0 Å². The Labute approximate surface area is 101 Å².